The molecule has 0 aliphatic heterocycles. The highest BCUT2D eigenvalue weighted by Gasteiger charge is 2.23. The van der Waals surface area contributed by atoms with Crippen LogP contribution in [-0.4, -0.2) is 30.5 Å². The molecule has 0 radical (unpaired) electrons. The number of anilines is 1. The zero-order valence-electron chi connectivity index (χ0n) is 19.6. The molecule has 4 rings (SSSR count). The van der Waals surface area contributed by atoms with Crippen molar-refractivity contribution >= 4 is 43.7 Å². The number of H-pyrrole nitrogens is 1. The van der Waals surface area contributed by atoms with Crippen molar-refractivity contribution in [2.75, 3.05) is 11.8 Å². The molecule has 12 heteroatoms. The van der Waals surface area contributed by atoms with Crippen LogP contribution in [0.25, 0.3) is 10.9 Å². The third kappa shape index (κ3) is 4.84. The van der Waals surface area contributed by atoms with Crippen molar-refractivity contribution in [1.82, 2.24) is 4.98 Å². The number of nitro benzene ring substituents is 1. The molecule has 36 heavy (non-hydrogen) atoms. The number of nitrogens with zero attached hydrogens (tertiary/aromatic N) is 3. The zero-order chi connectivity index (χ0) is 26.0. The van der Waals surface area contributed by atoms with Crippen LogP contribution in [0.4, 0.5) is 22.7 Å². The van der Waals surface area contributed by atoms with E-state index in [1.807, 2.05) is 26.0 Å². The Balaban J connectivity index is 1.71. The fourth-order valence-electron chi connectivity index (χ4n) is 3.58. The highest BCUT2D eigenvalue weighted by atomic mass is 32.2. The van der Waals surface area contributed by atoms with Gasteiger partial charge >= 0.3 is 0 Å². The van der Waals surface area contributed by atoms with E-state index in [0.717, 1.165) is 11.6 Å². The number of fused-ring (bicyclic) bond motifs is 1. The second kappa shape index (κ2) is 9.66. The van der Waals surface area contributed by atoms with Gasteiger partial charge < -0.3 is 14.8 Å². The van der Waals surface area contributed by atoms with Crippen LogP contribution in [0.1, 0.15) is 25.3 Å². The van der Waals surface area contributed by atoms with E-state index in [2.05, 4.69) is 19.9 Å². The second-order valence-electron chi connectivity index (χ2n) is 8.20. The first-order valence-corrected chi connectivity index (χ1v) is 12.3. The summed E-state index contributed by atoms with van der Waals surface area (Å²) in [4.78, 5) is 13.4. The number of rotatable bonds is 8. The summed E-state index contributed by atoms with van der Waals surface area (Å²) in [5.74, 6) is 0.286. The molecule has 186 valence electrons. The maximum absolute atomic E-state index is 12.9. The van der Waals surface area contributed by atoms with Gasteiger partial charge in [-0.1, -0.05) is 32.0 Å². The minimum atomic E-state index is -4.18. The molecule has 0 aliphatic carbocycles. The molecule has 0 unspecified atom stereocenters. The third-order valence-corrected chi connectivity index (χ3v) is 6.87. The average molecular weight is 510 g/mol. The third-order valence-electron chi connectivity index (χ3n) is 5.51. The smallest absolute Gasteiger partial charge is 0.298 e. The summed E-state index contributed by atoms with van der Waals surface area (Å²) in [6.07, 6.45) is 0. The zero-order valence-corrected chi connectivity index (χ0v) is 20.4. The van der Waals surface area contributed by atoms with E-state index in [9.17, 15) is 23.6 Å². The maximum Gasteiger partial charge on any atom is 0.298 e. The van der Waals surface area contributed by atoms with Crippen LogP contribution in [0.15, 0.2) is 75.8 Å². The second-order valence-corrected chi connectivity index (χ2v) is 9.88. The average Bonchev–Trinajstić information content (AvgIpc) is 3.16. The van der Waals surface area contributed by atoms with Gasteiger partial charge in [-0.3, -0.25) is 14.8 Å². The predicted octanol–water partition coefficient (Wildman–Crippen LogP) is 6.13. The Morgan fingerprint density at radius 1 is 1.08 bits per heavy atom. The number of aromatic nitrogens is 1. The van der Waals surface area contributed by atoms with E-state index in [4.69, 9.17) is 4.74 Å². The van der Waals surface area contributed by atoms with Crippen LogP contribution >= 0.6 is 0 Å². The van der Waals surface area contributed by atoms with Gasteiger partial charge in [0, 0.05) is 11.5 Å². The molecule has 3 aromatic carbocycles. The van der Waals surface area contributed by atoms with E-state index < -0.39 is 20.6 Å². The summed E-state index contributed by atoms with van der Waals surface area (Å²) >= 11 is 0. The van der Waals surface area contributed by atoms with Gasteiger partial charge in [0.25, 0.3) is 15.7 Å². The summed E-state index contributed by atoms with van der Waals surface area (Å²) < 4.78 is 33.3. The Kier molecular flexibility index (Phi) is 6.62. The van der Waals surface area contributed by atoms with Crippen molar-refractivity contribution in [3.63, 3.8) is 0 Å². The van der Waals surface area contributed by atoms with Gasteiger partial charge in [-0.25, -0.2) is 8.42 Å². The fraction of sp³-hybridized carbons (Fsp3) is 0.167. The lowest BCUT2D eigenvalue weighted by Gasteiger charge is -2.11. The standard InChI is InChI=1S/C24H23N5O6S/c1-14(2)15-8-10-18-17(12-15)23(24(30)25-18)27-26-19-11-9-16(13-21(19)29(31)32)36(33,34)28-20-6-4-5-7-22(20)35-3/h4-14,25,28,30H,1-3H3. The first-order valence-electron chi connectivity index (χ1n) is 10.8. The van der Waals surface area contributed by atoms with Crippen LogP contribution in [0.3, 0.4) is 0 Å². The van der Waals surface area contributed by atoms with E-state index >= 15 is 0 Å². The molecule has 1 heterocycles. The molecular formula is C24H23N5O6S. The summed E-state index contributed by atoms with van der Waals surface area (Å²) in [5, 5.41) is 30.7. The minimum absolute atomic E-state index is 0.122. The lowest BCUT2D eigenvalue weighted by Crippen LogP contribution is -2.13. The molecule has 0 spiro atoms. The molecule has 0 amide bonds. The van der Waals surface area contributed by atoms with Crippen LogP contribution in [0.2, 0.25) is 0 Å². The lowest BCUT2D eigenvalue weighted by molar-refractivity contribution is -0.384. The van der Waals surface area contributed by atoms with Crippen molar-refractivity contribution in [2.24, 2.45) is 10.2 Å². The van der Waals surface area contributed by atoms with E-state index in [0.29, 0.717) is 16.7 Å². The van der Waals surface area contributed by atoms with Crippen molar-refractivity contribution in [3.8, 4) is 11.6 Å². The van der Waals surface area contributed by atoms with Crippen molar-refractivity contribution < 1.29 is 23.2 Å². The molecule has 11 nitrogen and oxygen atoms in total. The number of nitrogens with one attached hydrogen (secondary N) is 2. The minimum Gasteiger partial charge on any atom is -0.495 e. The number of benzene rings is 3. The number of hydrogen-bond acceptors (Lipinski definition) is 8. The number of nitro groups is 1. The Bertz CT molecular complexity index is 1590. The van der Waals surface area contributed by atoms with Crippen LogP contribution in [0, 0.1) is 10.1 Å². The Hall–Kier alpha value is -4.45. The summed E-state index contributed by atoms with van der Waals surface area (Å²) in [6.45, 7) is 4.05. The van der Waals surface area contributed by atoms with Gasteiger partial charge in [0.1, 0.15) is 5.75 Å². The Morgan fingerprint density at radius 2 is 1.83 bits per heavy atom. The van der Waals surface area contributed by atoms with Crippen LogP contribution in [0.5, 0.6) is 11.6 Å². The van der Waals surface area contributed by atoms with Gasteiger partial charge in [-0.2, -0.15) is 0 Å². The molecule has 0 fully saturated rings. The molecule has 1 aromatic heterocycles. The topological polar surface area (TPSA) is 159 Å². The van der Waals surface area contributed by atoms with Gasteiger partial charge in [-0.15, -0.1) is 10.2 Å². The van der Waals surface area contributed by atoms with E-state index in [1.165, 1.54) is 25.3 Å². The lowest BCUT2D eigenvalue weighted by atomic mass is 10.0. The van der Waals surface area contributed by atoms with E-state index in [-0.39, 0.29) is 33.8 Å². The summed E-state index contributed by atoms with van der Waals surface area (Å²) in [6, 6.07) is 15.2. The molecule has 0 aliphatic rings. The first kappa shape index (κ1) is 24.7. The molecule has 0 saturated heterocycles. The number of aromatic hydroxyl groups is 1. The number of hydrogen-bond donors (Lipinski definition) is 3. The van der Waals surface area contributed by atoms with Gasteiger partial charge in [0.2, 0.25) is 5.88 Å². The van der Waals surface area contributed by atoms with Gasteiger partial charge in [0.05, 0.1) is 28.1 Å². The fourth-order valence-corrected chi connectivity index (χ4v) is 4.67. The normalized spacial score (nSPS) is 11.9. The quantitative estimate of drug-likeness (QED) is 0.147. The number of azo groups is 1. The summed E-state index contributed by atoms with van der Waals surface area (Å²) in [5.41, 5.74) is 1.21. The molecule has 4 aromatic rings. The summed E-state index contributed by atoms with van der Waals surface area (Å²) in [7, 11) is -2.78. The predicted molar refractivity (Wildman–Crippen MR) is 135 cm³/mol. The number of sulfonamides is 1. The molecule has 3 N–H and O–H groups in total. The van der Waals surface area contributed by atoms with Crippen molar-refractivity contribution in [1.29, 1.82) is 0 Å². The van der Waals surface area contributed by atoms with Crippen LogP contribution < -0.4 is 9.46 Å². The number of aromatic amines is 1. The maximum atomic E-state index is 12.9. The number of para-hydroxylation sites is 2. The highest BCUT2D eigenvalue weighted by Crippen LogP contribution is 2.39. The Labute approximate surface area is 206 Å². The van der Waals surface area contributed by atoms with Crippen LogP contribution in [-0.2, 0) is 10.0 Å². The molecule has 0 bridgehead atoms. The largest absolute Gasteiger partial charge is 0.495 e. The molecular weight excluding hydrogens is 486 g/mol. The van der Waals surface area contributed by atoms with Crippen molar-refractivity contribution in [2.45, 2.75) is 24.7 Å². The van der Waals surface area contributed by atoms with Gasteiger partial charge in [0.15, 0.2) is 11.4 Å². The SMILES string of the molecule is COc1ccccc1NS(=O)(=O)c1ccc(N=Nc2c(O)[nH]c3ccc(C(C)C)cc23)c([N+](=O)[O-])c1. The molecule has 0 saturated carbocycles. The Morgan fingerprint density at radius 3 is 2.53 bits per heavy atom. The monoisotopic (exact) mass is 509 g/mol. The van der Waals surface area contributed by atoms with E-state index in [1.54, 1.807) is 24.3 Å². The highest BCUT2D eigenvalue weighted by molar-refractivity contribution is 7.92. The first-order chi connectivity index (χ1) is 17.1. The van der Waals surface area contributed by atoms with Crippen molar-refractivity contribution in [3.05, 3.63) is 76.3 Å². The molecule has 0 atom stereocenters. The number of methoxy groups -OCH3 is 1. The van der Waals surface area contributed by atoms with Gasteiger partial charge in [-0.05, 0) is 47.9 Å². The number of ether oxygens (including phenoxy) is 1.